The molecule has 0 aromatic heterocycles. The Morgan fingerprint density at radius 1 is 1.69 bits per heavy atom. The molecule has 0 bridgehead atoms. The first-order chi connectivity index (χ1) is 6.31. The van der Waals surface area contributed by atoms with Crippen LogP contribution in [0.1, 0.15) is 19.8 Å². The summed E-state index contributed by atoms with van der Waals surface area (Å²) < 4.78 is 12.1. The van der Waals surface area contributed by atoms with Crippen molar-refractivity contribution in [1.29, 1.82) is 0 Å². The van der Waals surface area contributed by atoms with Gasteiger partial charge in [-0.2, -0.15) is 0 Å². The largest absolute Gasteiger partial charge is 0.411 e. The standard InChI is InChI=1S/C9H17FN2O/c1-2-8-7-12(6-4-10)5-3-9(8)11-13/h8,13H,2-7H2,1H3. The lowest BCUT2D eigenvalue weighted by Crippen LogP contribution is -2.41. The quantitative estimate of drug-likeness (QED) is 0.538. The van der Waals surface area contributed by atoms with Gasteiger partial charge < -0.3 is 5.21 Å². The minimum absolute atomic E-state index is 0.290. The lowest BCUT2D eigenvalue weighted by Gasteiger charge is -2.31. The third-order valence-electron chi connectivity index (χ3n) is 2.66. The van der Waals surface area contributed by atoms with Gasteiger partial charge in [0, 0.05) is 32.0 Å². The predicted octanol–water partition coefficient (Wildman–Crippen LogP) is 1.52. The number of hydrogen-bond acceptors (Lipinski definition) is 3. The Bertz CT molecular complexity index is 184. The predicted molar refractivity (Wildman–Crippen MR) is 50.0 cm³/mol. The number of likely N-dealkylation sites (tertiary alicyclic amines) is 1. The number of piperidine rings is 1. The Kier molecular flexibility index (Phi) is 4.15. The van der Waals surface area contributed by atoms with Gasteiger partial charge in [-0.05, 0) is 6.42 Å². The van der Waals surface area contributed by atoms with E-state index in [1.165, 1.54) is 0 Å². The first kappa shape index (κ1) is 10.4. The lowest BCUT2D eigenvalue weighted by molar-refractivity contribution is 0.211. The maximum atomic E-state index is 12.1. The van der Waals surface area contributed by atoms with Crippen LogP contribution in [-0.2, 0) is 0 Å². The van der Waals surface area contributed by atoms with Crippen LogP contribution in [0.3, 0.4) is 0 Å². The minimum Gasteiger partial charge on any atom is -0.411 e. The summed E-state index contributed by atoms with van der Waals surface area (Å²) in [5.74, 6) is 0.310. The maximum absolute atomic E-state index is 12.1. The molecule has 1 unspecified atom stereocenters. The van der Waals surface area contributed by atoms with Crippen LogP contribution in [0.15, 0.2) is 5.16 Å². The van der Waals surface area contributed by atoms with E-state index in [-0.39, 0.29) is 6.67 Å². The Balaban J connectivity index is 2.47. The van der Waals surface area contributed by atoms with Gasteiger partial charge in [-0.25, -0.2) is 4.39 Å². The van der Waals surface area contributed by atoms with E-state index in [2.05, 4.69) is 17.0 Å². The number of nitrogens with zero attached hydrogens (tertiary/aromatic N) is 2. The molecule has 4 heteroatoms. The van der Waals surface area contributed by atoms with Crippen molar-refractivity contribution < 1.29 is 9.60 Å². The van der Waals surface area contributed by atoms with Gasteiger partial charge in [-0.15, -0.1) is 0 Å². The molecule has 76 valence electrons. The Hall–Kier alpha value is -0.640. The van der Waals surface area contributed by atoms with Crippen LogP contribution in [0.5, 0.6) is 0 Å². The molecule has 1 aliphatic rings. The first-order valence-corrected chi connectivity index (χ1v) is 4.81. The van der Waals surface area contributed by atoms with E-state index in [9.17, 15) is 4.39 Å². The number of oxime groups is 1. The van der Waals surface area contributed by atoms with Gasteiger partial charge in [-0.1, -0.05) is 12.1 Å². The molecule has 1 heterocycles. The molecule has 0 radical (unpaired) electrons. The normalized spacial score (nSPS) is 28.2. The first-order valence-electron chi connectivity index (χ1n) is 4.81. The summed E-state index contributed by atoms with van der Waals surface area (Å²) in [5, 5.41) is 12.0. The average molecular weight is 188 g/mol. The van der Waals surface area contributed by atoms with Crippen LogP contribution in [0, 0.1) is 5.92 Å². The molecule has 1 N–H and O–H groups in total. The Labute approximate surface area is 78.2 Å². The third kappa shape index (κ3) is 2.66. The van der Waals surface area contributed by atoms with Crippen LogP contribution in [0.2, 0.25) is 0 Å². The molecule has 0 amide bonds. The van der Waals surface area contributed by atoms with E-state index in [1.54, 1.807) is 0 Å². The van der Waals surface area contributed by atoms with E-state index < -0.39 is 0 Å². The van der Waals surface area contributed by atoms with Crippen molar-refractivity contribution in [3.8, 4) is 0 Å². The lowest BCUT2D eigenvalue weighted by atomic mass is 9.93. The molecule has 0 saturated carbocycles. The summed E-state index contributed by atoms with van der Waals surface area (Å²) in [6, 6.07) is 0. The molecule has 1 fully saturated rings. The molecule has 1 rings (SSSR count). The van der Waals surface area contributed by atoms with Crippen LogP contribution < -0.4 is 0 Å². The fraction of sp³-hybridized carbons (Fsp3) is 0.889. The Morgan fingerprint density at radius 2 is 2.46 bits per heavy atom. The molecule has 1 aliphatic heterocycles. The van der Waals surface area contributed by atoms with Crippen LogP contribution in [-0.4, -0.2) is 42.1 Å². The zero-order valence-electron chi connectivity index (χ0n) is 8.04. The fourth-order valence-electron chi connectivity index (χ4n) is 1.80. The minimum atomic E-state index is -0.290. The Morgan fingerprint density at radius 3 is 3.00 bits per heavy atom. The molecule has 1 atom stereocenters. The SMILES string of the molecule is CCC1CN(CCF)CCC1=NO. The zero-order valence-corrected chi connectivity index (χ0v) is 8.04. The number of alkyl halides is 1. The van der Waals surface area contributed by atoms with Crippen LogP contribution >= 0.6 is 0 Å². The summed E-state index contributed by atoms with van der Waals surface area (Å²) in [4.78, 5) is 2.09. The van der Waals surface area contributed by atoms with Crippen LogP contribution in [0.25, 0.3) is 0 Å². The van der Waals surface area contributed by atoms with E-state index in [1.807, 2.05) is 0 Å². The van der Waals surface area contributed by atoms with Crippen molar-refractivity contribution in [2.45, 2.75) is 19.8 Å². The van der Waals surface area contributed by atoms with Gasteiger partial charge in [0.05, 0.1) is 5.71 Å². The highest BCUT2D eigenvalue weighted by Crippen LogP contribution is 2.16. The van der Waals surface area contributed by atoms with Gasteiger partial charge in [0.15, 0.2) is 0 Å². The second-order valence-electron chi connectivity index (χ2n) is 3.44. The second-order valence-corrected chi connectivity index (χ2v) is 3.44. The van der Waals surface area contributed by atoms with Gasteiger partial charge >= 0.3 is 0 Å². The van der Waals surface area contributed by atoms with E-state index in [0.29, 0.717) is 12.5 Å². The highest BCUT2D eigenvalue weighted by atomic mass is 19.1. The van der Waals surface area contributed by atoms with Crippen LogP contribution in [0.4, 0.5) is 4.39 Å². The summed E-state index contributed by atoms with van der Waals surface area (Å²) in [6.45, 7) is 3.94. The maximum Gasteiger partial charge on any atom is 0.102 e. The molecule has 1 saturated heterocycles. The molecule has 0 aliphatic carbocycles. The molecule has 0 aromatic carbocycles. The summed E-state index contributed by atoms with van der Waals surface area (Å²) >= 11 is 0. The molecule has 13 heavy (non-hydrogen) atoms. The van der Waals surface area contributed by atoms with Crippen molar-refractivity contribution >= 4 is 5.71 Å². The van der Waals surface area contributed by atoms with Gasteiger partial charge in [0.2, 0.25) is 0 Å². The zero-order chi connectivity index (χ0) is 9.68. The van der Waals surface area contributed by atoms with Crippen molar-refractivity contribution in [3.63, 3.8) is 0 Å². The number of rotatable bonds is 3. The third-order valence-corrected chi connectivity index (χ3v) is 2.66. The van der Waals surface area contributed by atoms with Gasteiger partial charge in [0.25, 0.3) is 0 Å². The second kappa shape index (κ2) is 5.17. The van der Waals surface area contributed by atoms with E-state index in [0.717, 1.165) is 31.6 Å². The van der Waals surface area contributed by atoms with Gasteiger partial charge in [0.1, 0.15) is 6.67 Å². The van der Waals surface area contributed by atoms with Crippen molar-refractivity contribution in [2.75, 3.05) is 26.3 Å². The highest BCUT2D eigenvalue weighted by Gasteiger charge is 2.24. The van der Waals surface area contributed by atoms with E-state index >= 15 is 0 Å². The number of halogens is 1. The average Bonchev–Trinajstić information content (AvgIpc) is 2.18. The molecule has 0 spiro atoms. The fourth-order valence-corrected chi connectivity index (χ4v) is 1.80. The highest BCUT2D eigenvalue weighted by molar-refractivity contribution is 5.87. The summed E-state index contributed by atoms with van der Waals surface area (Å²) in [6.07, 6.45) is 1.73. The van der Waals surface area contributed by atoms with Crippen molar-refractivity contribution in [1.82, 2.24) is 4.90 Å². The molecular formula is C9H17FN2O. The molecule has 3 nitrogen and oxygen atoms in total. The number of hydrogen-bond donors (Lipinski definition) is 1. The molecular weight excluding hydrogens is 171 g/mol. The molecule has 0 aromatic rings. The summed E-state index contributed by atoms with van der Waals surface area (Å²) in [5.41, 5.74) is 0.873. The topological polar surface area (TPSA) is 35.8 Å². The monoisotopic (exact) mass is 188 g/mol. The smallest absolute Gasteiger partial charge is 0.102 e. The van der Waals surface area contributed by atoms with Crippen molar-refractivity contribution in [2.24, 2.45) is 11.1 Å². The van der Waals surface area contributed by atoms with Gasteiger partial charge in [-0.3, -0.25) is 4.90 Å². The summed E-state index contributed by atoms with van der Waals surface area (Å²) in [7, 11) is 0. The van der Waals surface area contributed by atoms with E-state index in [4.69, 9.17) is 5.21 Å². The van der Waals surface area contributed by atoms with Crippen molar-refractivity contribution in [3.05, 3.63) is 0 Å².